The largest absolute Gasteiger partial charge is 0.457 e. The van der Waals surface area contributed by atoms with E-state index in [1.165, 1.54) is 4.88 Å². The normalized spacial score (nSPS) is 12.1. The Morgan fingerprint density at radius 3 is 2.41 bits per heavy atom. The molecule has 112 valence electrons. The maximum atomic E-state index is 6.04. The smallest absolute Gasteiger partial charge is 0.127 e. The van der Waals surface area contributed by atoms with Crippen molar-refractivity contribution in [1.82, 2.24) is 0 Å². The highest BCUT2D eigenvalue weighted by Crippen LogP contribution is 2.34. The number of hydrogen-bond acceptors (Lipinski definition) is 3. The predicted molar refractivity (Wildman–Crippen MR) is 93.2 cm³/mol. The van der Waals surface area contributed by atoms with Crippen LogP contribution in [0.4, 0.5) is 0 Å². The van der Waals surface area contributed by atoms with E-state index in [4.69, 9.17) is 22.1 Å². The Labute approximate surface area is 139 Å². The SMILES string of the molecule is NCC(c1cccc(Oc2ccccc2)c1)c1ccc(Cl)s1. The number of ether oxygens (including phenoxy) is 1. The van der Waals surface area contributed by atoms with Crippen molar-refractivity contribution in [3.63, 3.8) is 0 Å². The van der Waals surface area contributed by atoms with E-state index in [9.17, 15) is 0 Å². The van der Waals surface area contributed by atoms with Gasteiger partial charge in [0.1, 0.15) is 11.5 Å². The molecule has 2 nitrogen and oxygen atoms in total. The van der Waals surface area contributed by atoms with Crippen LogP contribution < -0.4 is 10.5 Å². The summed E-state index contributed by atoms with van der Waals surface area (Å²) in [5, 5.41) is 0. The average Bonchev–Trinajstić information content (AvgIpc) is 2.96. The Balaban J connectivity index is 1.86. The minimum absolute atomic E-state index is 0.136. The molecule has 0 aliphatic carbocycles. The second kappa shape index (κ2) is 6.97. The number of rotatable bonds is 5. The van der Waals surface area contributed by atoms with Gasteiger partial charge in [-0.25, -0.2) is 0 Å². The molecule has 0 spiro atoms. The van der Waals surface area contributed by atoms with Crippen LogP contribution in [0, 0.1) is 0 Å². The van der Waals surface area contributed by atoms with Crippen molar-refractivity contribution in [1.29, 1.82) is 0 Å². The van der Waals surface area contributed by atoms with E-state index in [1.54, 1.807) is 11.3 Å². The number of para-hydroxylation sites is 1. The summed E-state index contributed by atoms with van der Waals surface area (Å²) in [6.45, 7) is 0.533. The molecule has 1 unspecified atom stereocenters. The van der Waals surface area contributed by atoms with Gasteiger partial charge in [0.2, 0.25) is 0 Å². The van der Waals surface area contributed by atoms with Crippen molar-refractivity contribution >= 4 is 22.9 Å². The van der Waals surface area contributed by atoms with Gasteiger partial charge in [-0.15, -0.1) is 11.3 Å². The van der Waals surface area contributed by atoms with Crippen LogP contribution in [-0.4, -0.2) is 6.54 Å². The fourth-order valence-corrected chi connectivity index (χ4v) is 3.55. The molecule has 1 heterocycles. The molecule has 0 aliphatic heterocycles. The van der Waals surface area contributed by atoms with Gasteiger partial charge in [-0.2, -0.15) is 0 Å². The Hall–Kier alpha value is -1.81. The fraction of sp³-hybridized carbons (Fsp3) is 0.111. The number of hydrogen-bond donors (Lipinski definition) is 1. The molecule has 0 saturated heterocycles. The molecule has 0 amide bonds. The lowest BCUT2D eigenvalue weighted by atomic mass is 9.97. The maximum absolute atomic E-state index is 6.04. The van der Waals surface area contributed by atoms with Crippen LogP contribution in [0.15, 0.2) is 66.7 Å². The molecule has 0 fully saturated rings. The van der Waals surface area contributed by atoms with Crippen molar-refractivity contribution in [3.05, 3.63) is 81.5 Å². The molecule has 0 aliphatic rings. The highest BCUT2D eigenvalue weighted by atomic mass is 35.5. The zero-order valence-electron chi connectivity index (χ0n) is 11.9. The lowest BCUT2D eigenvalue weighted by Gasteiger charge is -2.15. The Kier molecular flexibility index (Phi) is 4.78. The zero-order chi connectivity index (χ0) is 15.4. The third kappa shape index (κ3) is 3.50. The summed E-state index contributed by atoms with van der Waals surface area (Å²) in [7, 11) is 0. The molecule has 0 bridgehead atoms. The topological polar surface area (TPSA) is 35.2 Å². The Morgan fingerprint density at radius 2 is 1.73 bits per heavy atom. The number of nitrogens with two attached hydrogens (primary N) is 1. The average molecular weight is 330 g/mol. The number of halogens is 1. The molecular formula is C18H16ClNOS. The Morgan fingerprint density at radius 1 is 0.955 bits per heavy atom. The summed E-state index contributed by atoms with van der Waals surface area (Å²) < 4.78 is 6.67. The minimum Gasteiger partial charge on any atom is -0.457 e. The van der Waals surface area contributed by atoms with Crippen molar-refractivity contribution in [2.75, 3.05) is 6.54 Å². The molecular weight excluding hydrogens is 314 g/mol. The van der Waals surface area contributed by atoms with Gasteiger partial charge in [0.15, 0.2) is 0 Å². The lowest BCUT2D eigenvalue weighted by molar-refractivity contribution is 0.481. The van der Waals surface area contributed by atoms with Gasteiger partial charge in [-0.3, -0.25) is 0 Å². The van der Waals surface area contributed by atoms with Gasteiger partial charge in [0.05, 0.1) is 4.34 Å². The highest BCUT2D eigenvalue weighted by molar-refractivity contribution is 7.16. The van der Waals surface area contributed by atoms with Gasteiger partial charge in [-0.05, 0) is 42.0 Å². The minimum atomic E-state index is 0.136. The first-order chi connectivity index (χ1) is 10.8. The van der Waals surface area contributed by atoms with E-state index in [-0.39, 0.29) is 5.92 Å². The van der Waals surface area contributed by atoms with E-state index >= 15 is 0 Å². The van der Waals surface area contributed by atoms with E-state index in [0.717, 1.165) is 21.4 Å². The molecule has 2 aromatic carbocycles. The second-order valence-electron chi connectivity index (χ2n) is 4.92. The van der Waals surface area contributed by atoms with Gasteiger partial charge < -0.3 is 10.5 Å². The van der Waals surface area contributed by atoms with Crippen molar-refractivity contribution in [2.24, 2.45) is 5.73 Å². The van der Waals surface area contributed by atoms with Crippen molar-refractivity contribution in [2.45, 2.75) is 5.92 Å². The van der Waals surface area contributed by atoms with Crippen LogP contribution in [0.2, 0.25) is 4.34 Å². The summed E-state index contributed by atoms with van der Waals surface area (Å²) in [6.07, 6.45) is 0. The summed E-state index contributed by atoms with van der Waals surface area (Å²) >= 11 is 7.61. The van der Waals surface area contributed by atoms with Crippen LogP contribution in [0.1, 0.15) is 16.4 Å². The molecule has 1 atom stereocenters. The molecule has 3 rings (SSSR count). The maximum Gasteiger partial charge on any atom is 0.127 e. The first-order valence-corrected chi connectivity index (χ1v) is 8.24. The second-order valence-corrected chi connectivity index (χ2v) is 6.66. The van der Waals surface area contributed by atoms with Gasteiger partial charge in [0.25, 0.3) is 0 Å². The van der Waals surface area contributed by atoms with Gasteiger partial charge in [0, 0.05) is 17.3 Å². The first kappa shape index (κ1) is 15.1. The van der Waals surface area contributed by atoms with E-state index < -0.39 is 0 Å². The molecule has 3 aromatic rings. The van der Waals surface area contributed by atoms with Crippen LogP contribution >= 0.6 is 22.9 Å². The summed E-state index contributed by atoms with van der Waals surface area (Å²) in [6, 6.07) is 21.7. The monoisotopic (exact) mass is 329 g/mol. The summed E-state index contributed by atoms with van der Waals surface area (Å²) in [5.74, 6) is 1.77. The molecule has 1 aromatic heterocycles. The third-order valence-electron chi connectivity index (χ3n) is 3.41. The van der Waals surface area contributed by atoms with E-state index in [1.807, 2.05) is 60.7 Å². The van der Waals surface area contributed by atoms with Crippen LogP contribution in [-0.2, 0) is 0 Å². The molecule has 0 saturated carbocycles. The fourth-order valence-electron chi connectivity index (χ4n) is 2.35. The van der Waals surface area contributed by atoms with Crippen LogP contribution in [0.3, 0.4) is 0 Å². The molecule has 2 N–H and O–H groups in total. The third-order valence-corrected chi connectivity index (χ3v) is 4.76. The number of benzene rings is 2. The highest BCUT2D eigenvalue weighted by Gasteiger charge is 2.15. The molecule has 4 heteroatoms. The predicted octanol–water partition coefficient (Wildman–Crippen LogP) is 5.28. The van der Waals surface area contributed by atoms with Crippen molar-refractivity contribution < 1.29 is 4.74 Å². The zero-order valence-corrected chi connectivity index (χ0v) is 13.5. The van der Waals surface area contributed by atoms with Crippen molar-refractivity contribution in [3.8, 4) is 11.5 Å². The standard InChI is InChI=1S/C18H16ClNOS/c19-18-10-9-17(22-18)16(12-20)13-5-4-8-15(11-13)21-14-6-2-1-3-7-14/h1-11,16H,12,20H2. The van der Waals surface area contributed by atoms with E-state index in [0.29, 0.717) is 6.54 Å². The summed E-state index contributed by atoms with van der Waals surface area (Å²) in [5.41, 5.74) is 7.11. The van der Waals surface area contributed by atoms with Crippen LogP contribution in [0.5, 0.6) is 11.5 Å². The quantitative estimate of drug-likeness (QED) is 0.690. The Bertz CT molecular complexity index is 742. The van der Waals surface area contributed by atoms with E-state index in [2.05, 4.69) is 6.07 Å². The molecule has 0 radical (unpaired) electrons. The summed E-state index contributed by atoms with van der Waals surface area (Å²) in [4.78, 5) is 1.17. The first-order valence-electron chi connectivity index (χ1n) is 7.04. The molecule has 22 heavy (non-hydrogen) atoms. The number of thiophene rings is 1. The van der Waals surface area contributed by atoms with Gasteiger partial charge in [-0.1, -0.05) is 41.9 Å². The van der Waals surface area contributed by atoms with Crippen LogP contribution in [0.25, 0.3) is 0 Å². The lowest BCUT2D eigenvalue weighted by Crippen LogP contribution is -2.12. The van der Waals surface area contributed by atoms with Gasteiger partial charge >= 0.3 is 0 Å².